The Balaban J connectivity index is 1.93. The van der Waals surface area contributed by atoms with E-state index in [4.69, 9.17) is 23.2 Å². The fourth-order valence-electron chi connectivity index (χ4n) is 3.11. The number of nitroso groups, excluding NO2 is 1. The Bertz CT molecular complexity index is 1230. The van der Waals surface area contributed by atoms with E-state index < -0.39 is 17.0 Å². The van der Waals surface area contributed by atoms with Crippen LogP contribution in [0.5, 0.6) is 0 Å². The first-order valence-corrected chi connectivity index (χ1v) is 10.4. The van der Waals surface area contributed by atoms with Crippen LogP contribution in [-0.2, 0) is 13.2 Å². The van der Waals surface area contributed by atoms with E-state index >= 15 is 0 Å². The molecule has 2 heterocycles. The smallest absolute Gasteiger partial charge is 0.269 e. The predicted molar refractivity (Wildman–Crippen MR) is 115 cm³/mol. The molecule has 30 heavy (non-hydrogen) atoms. The van der Waals surface area contributed by atoms with E-state index in [1.165, 1.54) is 10.6 Å². The summed E-state index contributed by atoms with van der Waals surface area (Å²) in [5, 5.41) is 19.6. The van der Waals surface area contributed by atoms with Gasteiger partial charge in [0.1, 0.15) is 10.3 Å². The maximum Gasteiger partial charge on any atom is 0.269 e. The molecule has 0 bridgehead atoms. The molecule has 0 aliphatic heterocycles. The van der Waals surface area contributed by atoms with Crippen molar-refractivity contribution in [2.75, 3.05) is 0 Å². The third-order valence-electron chi connectivity index (χ3n) is 4.75. The number of hydrogen-bond acceptors (Lipinski definition) is 6. The van der Waals surface area contributed by atoms with Crippen LogP contribution in [-0.4, -0.2) is 31.2 Å². The van der Waals surface area contributed by atoms with E-state index in [1.54, 1.807) is 12.1 Å². The van der Waals surface area contributed by atoms with Crippen LogP contribution in [0.15, 0.2) is 32.8 Å². The highest BCUT2D eigenvalue weighted by molar-refractivity contribution is 9.10. The molecule has 1 saturated carbocycles. The molecule has 0 unspecified atom stereocenters. The summed E-state index contributed by atoms with van der Waals surface area (Å²) in [5.41, 5.74) is 0.0311. The van der Waals surface area contributed by atoms with Gasteiger partial charge >= 0.3 is 0 Å². The van der Waals surface area contributed by atoms with Crippen LogP contribution in [0.3, 0.4) is 0 Å². The molecule has 2 aromatic heterocycles. The van der Waals surface area contributed by atoms with Crippen molar-refractivity contribution in [3.05, 3.63) is 64.8 Å². The molecule has 156 valence electrons. The number of fused-ring (bicyclic) bond motifs is 1. The molecule has 9 nitrogen and oxygen atoms in total. The first-order valence-electron chi connectivity index (χ1n) is 8.88. The average Bonchev–Trinajstić information content (AvgIpc) is 3.43. The number of carbonyl (C=O) groups is 1. The molecule has 12 heteroatoms. The van der Waals surface area contributed by atoms with Crippen LogP contribution in [0, 0.1) is 4.91 Å². The Hall–Kier alpha value is -2.27. The number of hydrogen-bond donors (Lipinski definition) is 2. The number of carbonyl (C=O) groups excluding carboxylic acids is 1. The zero-order chi connectivity index (χ0) is 21.6. The van der Waals surface area contributed by atoms with Gasteiger partial charge in [-0.05, 0) is 51.6 Å². The van der Waals surface area contributed by atoms with Gasteiger partial charge in [0.05, 0.1) is 13.2 Å². The molecule has 0 radical (unpaired) electrons. The minimum absolute atomic E-state index is 0.0279. The number of nitrogens with one attached hydrogen (secondary N) is 1. The zero-order valence-electron chi connectivity index (χ0n) is 15.2. The molecule has 1 fully saturated rings. The first-order chi connectivity index (χ1) is 14.3. The summed E-state index contributed by atoms with van der Waals surface area (Å²) < 4.78 is 2.72. The van der Waals surface area contributed by atoms with Gasteiger partial charge in [-0.2, -0.15) is 9.61 Å². The third kappa shape index (κ3) is 3.76. The van der Waals surface area contributed by atoms with E-state index in [0.29, 0.717) is 15.7 Å². The van der Waals surface area contributed by atoms with Crippen LogP contribution in [0.4, 0.5) is 5.82 Å². The Labute approximate surface area is 187 Å². The second kappa shape index (κ2) is 8.10. The number of amides is 1. The van der Waals surface area contributed by atoms with Gasteiger partial charge in [-0.1, -0.05) is 23.2 Å². The van der Waals surface area contributed by atoms with Gasteiger partial charge in [-0.3, -0.25) is 14.2 Å². The summed E-state index contributed by atoms with van der Waals surface area (Å²) in [6.45, 7) is -0.336. The van der Waals surface area contributed by atoms with Gasteiger partial charge in [-0.25, -0.2) is 0 Å². The standard InChI is InChI=1S/C18H14BrCl2N5O4/c19-13-5-14-25(6-10-11(20)3-8(7-27)4-12(10)21)18(29)15(16(24-30)26(14)23-13)17(28)22-9-1-2-9/h3-5,9,27H,1-2,6-7H2,(H,22,28). The molecule has 1 aliphatic rings. The molecule has 1 amide bonds. The molecular weight excluding hydrogens is 501 g/mol. The summed E-state index contributed by atoms with van der Waals surface area (Å²) in [6.07, 6.45) is 1.61. The number of rotatable bonds is 6. The van der Waals surface area contributed by atoms with Gasteiger partial charge < -0.3 is 10.4 Å². The van der Waals surface area contributed by atoms with E-state index in [-0.39, 0.29) is 40.7 Å². The second-order valence-electron chi connectivity index (χ2n) is 6.86. The Morgan fingerprint density at radius 2 is 1.97 bits per heavy atom. The monoisotopic (exact) mass is 513 g/mol. The lowest BCUT2D eigenvalue weighted by Gasteiger charge is -2.15. The van der Waals surface area contributed by atoms with Crippen molar-refractivity contribution in [3.63, 3.8) is 0 Å². The maximum atomic E-state index is 13.3. The van der Waals surface area contributed by atoms with Crippen molar-refractivity contribution in [3.8, 4) is 0 Å². The predicted octanol–water partition coefficient (Wildman–Crippen LogP) is 3.40. The highest BCUT2D eigenvalue weighted by Crippen LogP contribution is 2.29. The lowest BCUT2D eigenvalue weighted by molar-refractivity contribution is 0.0949. The minimum Gasteiger partial charge on any atom is -0.392 e. The molecule has 0 atom stereocenters. The molecule has 1 aromatic carbocycles. The van der Waals surface area contributed by atoms with Crippen LogP contribution in [0.2, 0.25) is 10.0 Å². The summed E-state index contributed by atoms with van der Waals surface area (Å²) in [4.78, 5) is 37.5. The summed E-state index contributed by atoms with van der Waals surface area (Å²) in [6, 6.07) is 4.57. The van der Waals surface area contributed by atoms with Gasteiger partial charge in [0.2, 0.25) is 5.82 Å². The van der Waals surface area contributed by atoms with Gasteiger partial charge in [-0.15, -0.1) is 4.91 Å². The highest BCUT2D eigenvalue weighted by Gasteiger charge is 2.30. The number of aliphatic hydroxyl groups is 1. The van der Waals surface area contributed by atoms with E-state index in [9.17, 15) is 19.6 Å². The summed E-state index contributed by atoms with van der Waals surface area (Å²) >= 11 is 15.9. The maximum absolute atomic E-state index is 13.3. The van der Waals surface area contributed by atoms with Crippen molar-refractivity contribution < 1.29 is 9.90 Å². The minimum atomic E-state index is -0.721. The molecule has 0 saturated heterocycles. The Kier molecular flexibility index (Phi) is 5.67. The topological polar surface area (TPSA) is 118 Å². The highest BCUT2D eigenvalue weighted by atomic mass is 79.9. The Morgan fingerprint density at radius 1 is 1.30 bits per heavy atom. The number of aromatic nitrogens is 3. The van der Waals surface area contributed by atoms with Crippen molar-refractivity contribution in [2.24, 2.45) is 5.18 Å². The normalized spacial score (nSPS) is 13.6. The molecule has 2 N–H and O–H groups in total. The first kappa shape index (κ1) is 21.0. The van der Waals surface area contributed by atoms with E-state index in [1.807, 2.05) is 0 Å². The van der Waals surface area contributed by atoms with E-state index in [0.717, 1.165) is 17.4 Å². The molecule has 3 aromatic rings. The average molecular weight is 515 g/mol. The molecule has 4 rings (SSSR count). The number of benzene rings is 1. The molecular formula is C18H14BrCl2N5O4. The molecule has 1 aliphatic carbocycles. The summed E-state index contributed by atoms with van der Waals surface area (Å²) in [7, 11) is 0. The number of nitrogens with zero attached hydrogens (tertiary/aromatic N) is 4. The van der Waals surface area contributed by atoms with Gasteiger partial charge in [0.15, 0.2) is 5.56 Å². The quantitative estimate of drug-likeness (QED) is 0.489. The fraction of sp³-hybridized carbons (Fsp3) is 0.278. The van der Waals surface area contributed by atoms with Crippen molar-refractivity contribution in [1.29, 1.82) is 0 Å². The molecule has 0 spiro atoms. The largest absolute Gasteiger partial charge is 0.392 e. The third-order valence-corrected chi connectivity index (χ3v) is 5.81. The van der Waals surface area contributed by atoms with Gasteiger partial charge in [0, 0.05) is 27.7 Å². The van der Waals surface area contributed by atoms with Crippen molar-refractivity contribution >= 4 is 56.5 Å². The van der Waals surface area contributed by atoms with Crippen LogP contribution in [0.1, 0.15) is 34.3 Å². The number of aliphatic hydroxyl groups excluding tert-OH is 1. The van der Waals surface area contributed by atoms with E-state index in [2.05, 4.69) is 31.5 Å². The number of halogens is 3. The lowest BCUT2D eigenvalue weighted by atomic mass is 10.1. The van der Waals surface area contributed by atoms with Crippen molar-refractivity contribution in [2.45, 2.75) is 32.0 Å². The van der Waals surface area contributed by atoms with Crippen LogP contribution >= 0.6 is 39.1 Å². The van der Waals surface area contributed by atoms with Crippen molar-refractivity contribution in [1.82, 2.24) is 19.5 Å². The van der Waals surface area contributed by atoms with Crippen LogP contribution in [0.25, 0.3) is 5.65 Å². The lowest BCUT2D eigenvalue weighted by Crippen LogP contribution is -2.35. The fourth-order valence-corrected chi connectivity index (χ4v) is 4.12. The second-order valence-corrected chi connectivity index (χ2v) is 8.49. The Morgan fingerprint density at radius 3 is 2.53 bits per heavy atom. The van der Waals surface area contributed by atoms with Gasteiger partial charge in [0.25, 0.3) is 11.5 Å². The SMILES string of the molecule is O=Nc1c(C(=O)NC2CC2)c(=O)n(Cc2c(Cl)cc(CO)cc2Cl)c2cc(Br)nn12. The van der Waals surface area contributed by atoms with Crippen LogP contribution < -0.4 is 10.9 Å². The zero-order valence-corrected chi connectivity index (χ0v) is 18.3. The summed E-state index contributed by atoms with van der Waals surface area (Å²) in [5.74, 6) is -1.07.